The lowest BCUT2D eigenvalue weighted by Gasteiger charge is -2.14. The number of carbonyl (C=O) groups is 1. The number of aliphatic carboxylic acids is 1. The zero-order valence-corrected chi connectivity index (χ0v) is 13.1. The van der Waals surface area contributed by atoms with E-state index >= 15 is 0 Å². The first-order valence-electron chi connectivity index (χ1n) is 7.68. The Morgan fingerprint density at radius 3 is 2.62 bits per heavy atom. The van der Waals surface area contributed by atoms with Gasteiger partial charge in [0, 0.05) is 6.42 Å². The Morgan fingerprint density at radius 1 is 1.19 bits per heavy atom. The number of aliphatic hydroxyl groups excluding tert-OH is 1. The fraction of sp³-hybridized carbons (Fsp3) is 0.588. The molecule has 0 aliphatic carbocycles. The lowest BCUT2D eigenvalue weighted by molar-refractivity contribution is -0.137. The van der Waals surface area contributed by atoms with Crippen LogP contribution in [-0.2, 0) is 4.79 Å². The van der Waals surface area contributed by atoms with Crippen LogP contribution in [0.5, 0.6) is 0 Å². The molecular weight excluding hydrogens is 266 g/mol. The highest BCUT2D eigenvalue weighted by Crippen LogP contribution is 2.21. The van der Waals surface area contributed by atoms with Crippen LogP contribution in [0.3, 0.4) is 0 Å². The molecule has 0 radical (unpaired) electrons. The van der Waals surface area contributed by atoms with E-state index in [-0.39, 0.29) is 6.42 Å². The largest absolute Gasteiger partial charge is 0.481 e. The molecule has 0 saturated heterocycles. The van der Waals surface area contributed by atoms with Crippen LogP contribution < -0.4 is 5.32 Å². The molecule has 0 aromatic heterocycles. The number of aliphatic hydroxyl groups is 1. The predicted octanol–water partition coefficient (Wildman–Crippen LogP) is 2.96. The van der Waals surface area contributed by atoms with Crippen molar-refractivity contribution in [2.24, 2.45) is 0 Å². The van der Waals surface area contributed by atoms with Crippen molar-refractivity contribution in [1.82, 2.24) is 5.32 Å². The SMILES string of the molecule is Cc1ccc(C(O)CCNCCCCCC(=O)O)c(C)c1. The summed E-state index contributed by atoms with van der Waals surface area (Å²) in [5.41, 5.74) is 3.35. The minimum atomic E-state index is -0.723. The standard InChI is InChI=1S/C17H27NO3/c1-13-7-8-15(14(2)12-13)16(19)9-11-18-10-5-3-4-6-17(20)21/h7-8,12,16,18-19H,3-6,9-11H2,1-2H3,(H,20,21). The molecule has 1 aromatic carbocycles. The molecule has 0 aliphatic heterocycles. The van der Waals surface area contributed by atoms with E-state index in [1.807, 2.05) is 19.1 Å². The third-order valence-electron chi connectivity index (χ3n) is 3.62. The molecule has 0 heterocycles. The Kier molecular flexibility index (Phi) is 8.01. The summed E-state index contributed by atoms with van der Waals surface area (Å²) in [6.45, 7) is 5.73. The van der Waals surface area contributed by atoms with Crippen LogP contribution in [0.2, 0.25) is 0 Å². The average Bonchev–Trinajstić information content (AvgIpc) is 2.41. The summed E-state index contributed by atoms with van der Waals surface area (Å²) in [6.07, 6.45) is 3.17. The summed E-state index contributed by atoms with van der Waals surface area (Å²) in [4.78, 5) is 10.3. The van der Waals surface area contributed by atoms with Gasteiger partial charge in [-0.05, 0) is 57.3 Å². The summed E-state index contributed by atoms with van der Waals surface area (Å²) >= 11 is 0. The van der Waals surface area contributed by atoms with E-state index in [1.165, 1.54) is 5.56 Å². The van der Waals surface area contributed by atoms with Crippen LogP contribution in [0.4, 0.5) is 0 Å². The van der Waals surface area contributed by atoms with Gasteiger partial charge in [-0.25, -0.2) is 0 Å². The number of rotatable bonds is 10. The van der Waals surface area contributed by atoms with Gasteiger partial charge in [-0.3, -0.25) is 4.79 Å². The van der Waals surface area contributed by atoms with E-state index in [4.69, 9.17) is 5.11 Å². The topological polar surface area (TPSA) is 69.6 Å². The molecule has 3 N–H and O–H groups in total. The van der Waals surface area contributed by atoms with Gasteiger partial charge in [-0.2, -0.15) is 0 Å². The Labute approximate surface area is 127 Å². The molecule has 1 atom stereocenters. The van der Waals surface area contributed by atoms with Crippen molar-refractivity contribution < 1.29 is 15.0 Å². The van der Waals surface area contributed by atoms with Gasteiger partial charge in [-0.1, -0.05) is 30.2 Å². The number of aryl methyl sites for hydroxylation is 2. The smallest absolute Gasteiger partial charge is 0.303 e. The third kappa shape index (κ3) is 7.25. The maximum atomic E-state index is 10.3. The van der Waals surface area contributed by atoms with Gasteiger partial charge in [-0.15, -0.1) is 0 Å². The molecular formula is C17H27NO3. The maximum Gasteiger partial charge on any atom is 0.303 e. The van der Waals surface area contributed by atoms with Crippen molar-refractivity contribution in [3.05, 3.63) is 34.9 Å². The van der Waals surface area contributed by atoms with Gasteiger partial charge < -0.3 is 15.5 Å². The van der Waals surface area contributed by atoms with Crippen LogP contribution in [0.15, 0.2) is 18.2 Å². The number of carboxylic acids is 1. The molecule has 1 rings (SSSR count). The summed E-state index contributed by atoms with van der Waals surface area (Å²) in [5, 5.41) is 22.0. The van der Waals surface area contributed by atoms with Gasteiger partial charge in [0.25, 0.3) is 0 Å². The summed E-state index contributed by atoms with van der Waals surface area (Å²) < 4.78 is 0. The average molecular weight is 293 g/mol. The first kappa shape index (κ1) is 17.7. The first-order valence-corrected chi connectivity index (χ1v) is 7.68. The Balaban J connectivity index is 2.13. The molecule has 21 heavy (non-hydrogen) atoms. The van der Waals surface area contributed by atoms with Crippen molar-refractivity contribution in [3.63, 3.8) is 0 Å². The van der Waals surface area contributed by atoms with Crippen molar-refractivity contribution in [1.29, 1.82) is 0 Å². The number of hydrogen-bond acceptors (Lipinski definition) is 3. The molecule has 0 saturated carbocycles. The summed E-state index contributed by atoms with van der Waals surface area (Å²) in [5.74, 6) is -0.723. The number of unbranched alkanes of at least 4 members (excludes halogenated alkanes) is 2. The Hall–Kier alpha value is -1.39. The van der Waals surface area contributed by atoms with Gasteiger partial charge in [0.1, 0.15) is 0 Å². The molecule has 118 valence electrons. The second kappa shape index (κ2) is 9.53. The molecule has 1 aromatic rings. The number of carboxylic acid groups (broad SMARTS) is 1. The molecule has 0 spiro atoms. The highest BCUT2D eigenvalue weighted by molar-refractivity contribution is 5.66. The Bertz CT molecular complexity index is 446. The van der Waals surface area contributed by atoms with Crippen LogP contribution in [0.25, 0.3) is 0 Å². The fourth-order valence-corrected chi connectivity index (χ4v) is 2.42. The van der Waals surface area contributed by atoms with Crippen LogP contribution in [0.1, 0.15) is 54.9 Å². The van der Waals surface area contributed by atoms with E-state index in [2.05, 4.69) is 18.3 Å². The number of hydrogen-bond donors (Lipinski definition) is 3. The zero-order valence-electron chi connectivity index (χ0n) is 13.1. The monoisotopic (exact) mass is 293 g/mol. The molecule has 0 fully saturated rings. The van der Waals surface area contributed by atoms with Crippen molar-refractivity contribution in [2.45, 2.75) is 52.1 Å². The van der Waals surface area contributed by atoms with Gasteiger partial charge >= 0.3 is 5.97 Å². The molecule has 0 bridgehead atoms. The third-order valence-corrected chi connectivity index (χ3v) is 3.62. The van der Waals surface area contributed by atoms with Crippen LogP contribution >= 0.6 is 0 Å². The zero-order chi connectivity index (χ0) is 15.7. The molecule has 0 amide bonds. The van der Waals surface area contributed by atoms with E-state index in [1.54, 1.807) is 0 Å². The van der Waals surface area contributed by atoms with E-state index in [0.29, 0.717) is 6.42 Å². The normalized spacial score (nSPS) is 12.3. The lowest BCUT2D eigenvalue weighted by Crippen LogP contribution is -2.19. The Morgan fingerprint density at radius 2 is 1.95 bits per heavy atom. The highest BCUT2D eigenvalue weighted by atomic mass is 16.4. The second-order valence-corrected chi connectivity index (χ2v) is 5.62. The second-order valence-electron chi connectivity index (χ2n) is 5.62. The lowest BCUT2D eigenvalue weighted by atomic mass is 9.99. The van der Waals surface area contributed by atoms with Crippen molar-refractivity contribution in [2.75, 3.05) is 13.1 Å². The molecule has 4 nitrogen and oxygen atoms in total. The minimum absolute atomic E-state index is 0.255. The van der Waals surface area contributed by atoms with Crippen LogP contribution in [-0.4, -0.2) is 29.3 Å². The van der Waals surface area contributed by atoms with Crippen molar-refractivity contribution >= 4 is 5.97 Å². The van der Waals surface area contributed by atoms with E-state index < -0.39 is 12.1 Å². The highest BCUT2D eigenvalue weighted by Gasteiger charge is 2.09. The summed E-state index contributed by atoms with van der Waals surface area (Å²) in [6, 6.07) is 6.12. The van der Waals surface area contributed by atoms with E-state index in [9.17, 15) is 9.90 Å². The number of nitrogens with one attached hydrogen (secondary N) is 1. The molecule has 0 aliphatic rings. The van der Waals surface area contributed by atoms with E-state index in [0.717, 1.165) is 43.5 Å². The number of benzene rings is 1. The predicted molar refractivity (Wildman–Crippen MR) is 84.5 cm³/mol. The first-order chi connectivity index (χ1) is 10.0. The molecule has 1 unspecified atom stereocenters. The maximum absolute atomic E-state index is 10.3. The quantitative estimate of drug-likeness (QED) is 0.580. The minimum Gasteiger partial charge on any atom is -0.481 e. The van der Waals surface area contributed by atoms with Crippen LogP contribution in [0, 0.1) is 13.8 Å². The molecule has 4 heteroatoms. The van der Waals surface area contributed by atoms with Gasteiger partial charge in [0.05, 0.1) is 6.10 Å². The summed E-state index contributed by atoms with van der Waals surface area (Å²) in [7, 11) is 0. The fourth-order valence-electron chi connectivity index (χ4n) is 2.42. The van der Waals surface area contributed by atoms with Gasteiger partial charge in [0.2, 0.25) is 0 Å². The van der Waals surface area contributed by atoms with Crippen molar-refractivity contribution in [3.8, 4) is 0 Å². The van der Waals surface area contributed by atoms with Gasteiger partial charge in [0.15, 0.2) is 0 Å².